The van der Waals surface area contributed by atoms with Crippen molar-refractivity contribution in [1.82, 2.24) is 19.9 Å². The van der Waals surface area contributed by atoms with Crippen molar-refractivity contribution in [3.8, 4) is 0 Å². The Hall–Kier alpha value is -0.790. The highest BCUT2D eigenvalue weighted by Crippen LogP contribution is 2.29. The Morgan fingerprint density at radius 2 is 2.00 bits per heavy atom. The minimum Gasteiger partial charge on any atom is -0.353 e. The molecular formula is C11H12ClN5S2. The van der Waals surface area contributed by atoms with Crippen LogP contribution in [0.3, 0.4) is 0 Å². The van der Waals surface area contributed by atoms with Crippen LogP contribution in [0.2, 0.25) is 5.28 Å². The van der Waals surface area contributed by atoms with Crippen LogP contribution in [-0.2, 0) is 0 Å². The first-order valence-electron chi connectivity index (χ1n) is 5.84. The zero-order valence-electron chi connectivity index (χ0n) is 10.3. The molecule has 100 valence electrons. The van der Waals surface area contributed by atoms with Crippen LogP contribution in [0.1, 0.15) is 0 Å². The van der Waals surface area contributed by atoms with E-state index < -0.39 is 0 Å². The van der Waals surface area contributed by atoms with Crippen LogP contribution < -0.4 is 4.90 Å². The molecule has 8 heteroatoms. The summed E-state index contributed by atoms with van der Waals surface area (Å²) in [5.74, 6) is 3.03. The molecule has 5 nitrogen and oxygen atoms in total. The van der Waals surface area contributed by atoms with Crippen LogP contribution in [0.4, 0.5) is 5.82 Å². The van der Waals surface area contributed by atoms with E-state index in [1.807, 2.05) is 18.0 Å². The van der Waals surface area contributed by atoms with Crippen LogP contribution >= 0.6 is 35.1 Å². The Kier molecular flexibility index (Phi) is 3.95. The Bertz CT molecular complexity index is 603. The third-order valence-corrected chi connectivity index (χ3v) is 4.70. The van der Waals surface area contributed by atoms with Gasteiger partial charge in [-0.1, -0.05) is 0 Å². The van der Waals surface area contributed by atoms with Crippen molar-refractivity contribution >= 4 is 52.0 Å². The summed E-state index contributed by atoms with van der Waals surface area (Å²) in [6.07, 6.45) is 3.53. The monoisotopic (exact) mass is 313 g/mol. The zero-order valence-corrected chi connectivity index (χ0v) is 12.7. The van der Waals surface area contributed by atoms with E-state index in [9.17, 15) is 0 Å². The molecule has 1 fully saturated rings. The largest absolute Gasteiger partial charge is 0.353 e. The lowest BCUT2D eigenvalue weighted by atomic mass is 10.3. The lowest BCUT2D eigenvalue weighted by Crippen LogP contribution is -2.33. The smallest absolute Gasteiger partial charge is 0.225 e. The SMILES string of the molecule is CSc1ncnc2c(N3CCSCC3)nc(Cl)nc12. The molecule has 0 atom stereocenters. The normalized spacial score (nSPS) is 16.0. The molecule has 0 N–H and O–H groups in total. The second kappa shape index (κ2) is 5.68. The van der Waals surface area contributed by atoms with E-state index in [-0.39, 0.29) is 5.28 Å². The van der Waals surface area contributed by atoms with Crippen molar-refractivity contribution in [3.63, 3.8) is 0 Å². The molecule has 0 saturated carbocycles. The van der Waals surface area contributed by atoms with Gasteiger partial charge in [0, 0.05) is 24.6 Å². The number of fused-ring (bicyclic) bond motifs is 1. The second-order valence-electron chi connectivity index (χ2n) is 4.00. The Morgan fingerprint density at radius 1 is 1.21 bits per heavy atom. The van der Waals surface area contributed by atoms with Crippen LogP contribution in [0.25, 0.3) is 11.0 Å². The maximum absolute atomic E-state index is 6.05. The molecule has 0 unspecified atom stereocenters. The lowest BCUT2D eigenvalue weighted by Gasteiger charge is -2.27. The van der Waals surface area contributed by atoms with Gasteiger partial charge in [-0.2, -0.15) is 16.7 Å². The molecule has 1 aliphatic heterocycles. The van der Waals surface area contributed by atoms with E-state index in [1.165, 1.54) is 11.8 Å². The molecule has 1 saturated heterocycles. The standard InChI is InChI=1S/C11H12ClN5S2/c1-18-10-8-7(13-6-14-10)9(16-11(12)15-8)17-2-4-19-5-3-17/h6H,2-5H2,1H3. The maximum atomic E-state index is 6.05. The van der Waals surface area contributed by atoms with Crippen molar-refractivity contribution in [1.29, 1.82) is 0 Å². The van der Waals surface area contributed by atoms with Gasteiger partial charge < -0.3 is 4.90 Å². The molecule has 2 aromatic rings. The quantitative estimate of drug-likeness (QED) is 0.479. The summed E-state index contributed by atoms with van der Waals surface area (Å²) < 4.78 is 0. The second-order valence-corrected chi connectivity index (χ2v) is 6.35. The number of nitrogens with zero attached hydrogens (tertiary/aromatic N) is 5. The topological polar surface area (TPSA) is 54.8 Å². The van der Waals surface area contributed by atoms with E-state index in [4.69, 9.17) is 11.6 Å². The summed E-state index contributed by atoms with van der Waals surface area (Å²) in [5, 5.41) is 1.09. The predicted molar refractivity (Wildman–Crippen MR) is 81.5 cm³/mol. The summed E-state index contributed by atoms with van der Waals surface area (Å²) in [5.41, 5.74) is 1.53. The molecule has 0 bridgehead atoms. The minimum atomic E-state index is 0.255. The van der Waals surface area contributed by atoms with E-state index in [0.717, 1.165) is 46.5 Å². The van der Waals surface area contributed by atoms with Crippen molar-refractivity contribution in [2.45, 2.75) is 5.03 Å². The first-order chi connectivity index (χ1) is 9.29. The number of thioether (sulfide) groups is 2. The zero-order chi connectivity index (χ0) is 13.2. The highest BCUT2D eigenvalue weighted by atomic mass is 35.5. The van der Waals surface area contributed by atoms with Gasteiger partial charge in [0.25, 0.3) is 0 Å². The first kappa shape index (κ1) is 13.2. The molecule has 1 aliphatic rings. The first-order valence-corrected chi connectivity index (χ1v) is 8.60. The number of hydrogen-bond donors (Lipinski definition) is 0. The van der Waals surface area contributed by atoms with Crippen molar-refractivity contribution in [2.24, 2.45) is 0 Å². The minimum absolute atomic E-state index is 0.255. The van der Waals surface area contributed by atoms with Gasteiger partial charge in [-0.15, -0.1) is 11.8 Å². The Labute approximate surface area is 124 Å². The summed E-state index contributed by atoms with van der Waals surface area (Å²) in [6.45, 7) is 1.93. The average molecular weight is 314 g/mol. The third kappa shape index (κ3) is 2.59. The molecule has 0 radical (unpaired) electrons. The molecule has 0 aromatic carbocycles. The number of rotatable bonds is 2. The molecule has 0 aliphatic carbocycles. The Morgan fingerprint density at radius 3 is 2.74 bits per heavy atom. The van der Waals surface area contributed by atoms with Crippen LogP contribution in [0.15, 0.2) is 11.4 Å². The van der Waals surface area contributed by atoms with Gasteiger partial charge in [0.2, 0.25) is 5.28 Å². The van der Waals surface area contributed by atoms with Crippen LogP contribution in [0.5, 0.6) is 0 Å². The number of hydrogen-bond acceptors (Lipinski definition) is 7. The fourth-order valence-electron chi connectivity index (χ4n) is 2.03. The van der Waals surface area contributed by atoms with E-state index >= 15 is 0 Å². The van der Waals surface area contributed by atoms with Gasteiger partial charge in [-0.05, 0) is 17.9 Å². The highest BCUT2D eigenvalue weighted by Gasteiger charge is 2.19. The summed E-state index contributed by atoms with van der Waals surface area (Å²) in [6, 6.07) is 0. The summed E-state index contributed by atoms with van der Waals surface area (Å²) in [4.78, 5) is 19.5. The van der Waals surface area contributed by atoms with E-state index in [0.29, 0.717) is 0 Å². The molecule has 0 amide bonds. The molecule has 2 aromatic heterocycles. The fourth-order valence-corrected chi connectivity index (χ4v) is 3.59. The number of anilines is 1. The van der Waals surface area contributed by atoms with Gasteiger partial charge in [0.05, 0.1) is 0 Å². The highest BCUT2D eigenvalue weighted by molar-refractivity contribution is 7.99. The number of aromatic nitrogens is 4. The lowest BCUT2D eigenvalue weighted by molar-refractivity contribution is 0.838. The molecule has 3 rings (SSSR count). The van der Waals surface area contributed by atoms with Crippen molar-refractivity contribution in [3.05, 3.63) is 11.6 Å². The average Bonchev–Trinajstić information content (AvgIpc) is 2.46. The maximum Gasteiger partial charge on any atom is 0.225 e. The molecular weight excluding hydrogens is 302 g/mol. The molecule has 0 spiro atoms. The van der Waals surface area contributed by atoms with Gasteiger partial charge >= 0.3 is 0 Å². The van der Waals surface area contributed by atoms with Crippen molar-refractivity contribution < 1.29 is 0 Å². The van der Waals surface area contributed by atoms with Crippen LogP contribution in [-0.4, -0.2) is 50.8 Å². The number of halogens is 1. The van der Waals surface area contributed by atoms with Gasteiger partial charge in [-0.25, -0.2) is 15.0 Å². The fraction of sp³-hybridized carbons (Fsp3) is 0.455. The van der Waals surface area contributed by atoms with E-state index in [2.05, 4.69) is 24.8 Å². The van der Waals surface area contributed by atoms with Gasteiger partial charge in [0.1, 0.15) is 22.4 Å². The van der Waals surface area contributed by atoms with Crippen LogP contribution in [0, 0.1) is 0 Å². The third-order valence-electron chi connectivity index (χ3n) is 2.91. The summed E-state index contributed by atoms with van der Waals surface area (Å²) in [7, 11) is 0. The Balaban J connectivity index is 2.17. The molecule has 19 heavy (non-hydrogen) atoms. The van der Waals surface area contributed by atoms with Gasteiger partial charge in [-0.3, -0.25) is 0 Å². The van der Waals surface area contributed by atoms with E-state index in [1.54, 1.807) is 6.33 Å². The van der Waals surface area contributed by atoms with Gasteiger partial charge in [0.15, 0.2) is 5.82 Å². The predicted octanol–water partition coefficient (Wildman–Crippen LogP) is 2.35. The molecule has 3 heterocycles. The summed E-state index contributed by atoms with van der Waals surface area (Å²) >= 11 is 9.55. The van der Waals surface area contributed by atoms with Crippen molar-refractivity contribution in [2.75, 3.05) is 35.8 Å².